The maximum atomic E-state index is 12.5. The summed E-state index contributed by atoms with van der Waals surface area (Å²) in [5, 5.41) is 15.3. The zero-order chi connectivity index (χ0) is 16.0. The van der Waals surface area contributed by atoms with Gasteiger partial charge in [-0.3, -0.25) is 4.79 Å². The molecular formula is C18H23NO2S. The molecule has 0 saturated carbocycles. The van der Waals surface area contributed by atoms with Crippen molar-refractivity contribution >= 4 is 17.2 Å². The SMILES string of the molecule is CCCC(C(=O)NCC(C)(O)c1cccs1)c1ccccc1. The first-order chi connectivity index (χ1) is 10.5. The summed E-state index contributed by atoms with van der Waals surface area (Å²) in [5.41, 5.74) is -0.00491. The second-order valence-corrected chi connectivity index (χ2v) is 6.67. The number of thiophene rings is 1. The van der Waals surface area contributed by atoms with Gasteiger partial charge in [-0.1, -0.05) is 49.7 Å². The van der Waals surface area contributed by atoms with Gasteiger partial charge in [-0.15, -0.1) is 11.3 Å². The summed E-state index contributed by atoms with van der Waals surface area (Å²) >= 11 is 1.50. The number of nitrogens with one attached hydrogen (secondary N) is 1. The molecule has 22 heavy (non-hydrogen) atoms. The molecule has 0 spiro atoms. The molecule has 0 fully saturated rings. The molecule has 2 aromatic rings. The zero-order valence-electron chi connectivity index (χ0n) is 13.1. The molecule has 0 radical (unpaired) electrons. The molecule has 1 aromatic carbocycles. The summed E-state index contributed by atoms with van der Waals surface area (Å²) in [6, 6.07) is 13.6. The van der Waals surface area contributed by atoms with Crippen molar-refractivity contribution in [2.24, 2.45) is 0 Å². The Hall–Kier alpha value is -1.65. The number of rotatable bonds is 7. The summed E-state index contributed by atoms with van der Waals surface area (Å²) in [5.74, 6) is -0.185. The van der Waals surface area contributed by atoms with Gasteiger partial charge in [0.05, 0.1) is 12.5 Å². The molecule has 0 aliphatic heterocycles. The molecular weight excluding hydrogens is 294 g/mol. The molecule has 3 nitrogen and oxygen atoms in total. The molecule has 0 bridgehead atoms. The van der Waals surface area contributed by atoms with E-state index in [0.29, 0.717) is 0 Å². The molecule has 1 amide bonds. The third-order valence-corrected chi connectivity index (χ3v) is 4.88. The summed E-state index contributed by atoms with van der Waals surface area (Å²) < 4.78 is 0. The Balaban J connectivity index is 2.03. The van der Waals surface area contributed by atoms with Crippen LogP contribution in [0.25, 0.3) is 0 Å². The molecule has 118 valence electrons. The van der Waals surface area contributed by atoms with Gasteiger partial charge in [0.1, 0.15) is 5.60 Å². The van der Waals surface area contributed by atoms with E-state index in [4.69, 9.17) is 0 Å². The fourth-order valence-electron chi connectivity index (χ4n) is 2.48. The lowest BCUT2D eigenvalue weighted by atomic mass is 9.93. The van der Waals surface area contributed by atoms with Gasteiger partial charge in [0, 0.05) is 4.88 Å². The van der Waals surface area contributed by atoms with E-state index in [0.717, 1.165) is 23.3 Å². The van der Waals surface area contributed by atoms with Crippen molar-refractivity contribution < 1.29 is 9.90 Å². The Kier molecular flexibility index (Phi) is 5.75. The number of hydrogen-bond acceptors (Lipinski definition) is 3. The smallest absolute Gasteiger partial charge is 0.227 e. The van der Waals surface area contributed by atoms with E-state index in [1.165, 1.54) is 11.3 Å². The van der Waals surface area contributed by atoms with Crippen molar-refractivity contribution in [3.05, 3.63) is 58.3 Å². The minimum absolute atomic E-state index is 0.0233. The number of carbonyl (C=O) groups excluding carboxylic acids is 1. The molecule has 0 saturated heterocycles. The first-order valence-corrected chi connectivity index (χ1v) is 8.51. The average Bonchev–Trinajstić information content (AvgIpc) is 3.06. The number of hydrogen-bond donors (Lipinski definition) is 2. The second-order valence-electron chi connectivity index (χ2n) is 5.72. The molecule has 0 aliphatic rings. The monoisotopic (exact) mass is 317 g/mol. The highest BCUT2D eigenvalue weighted by molar-refractivity contribution is 7.10. The molecule has 2 N–H and O–H groups in total. The van der Waals surface area contributed by atoms with Gasteiger partial charge >= 0.3 is 0 Å². The Labute approximate surface area is 136 Å². The topological polar surface area (TPSA) is 49.3 Å². The van der Waals surface area contributed by atoms with E-state index in [9.17, 15) is 9.90 Å². The molecule has 1 heterocycles. The number of benzene rings is 1. The van der Waals surface area contributed by atoms with Gasteiger partial charge in [-0.25, -0.2) is 0 Å². The van der Waals surface area contributed by atoms with Crippen LogP contribution in [0.4, 0.5) is 0 Å². The third-order valence-electron chi connectivity index (χ3n) is 3.75. The standard InChI is InChI=1S/C18H23NO2S/c1-3-8-15(14-9-5-4-6-10-14)17(20)19-13-18(2,21)16-11-7-12-22-16/h4-7,9-12,15,21H,3,8,13H2,1-2H3,(H,19,20). The predicted octanol–water partition coefficient (Wildman–Crippen LogP) is 3.66. The fourth-order valence-corrected chi connectivity index (χ4v) is 3.26. The van der Waals surface area contributed by atoms with Gasteiger partial charge in [0.2, 0.25) is 5.91 Å². The van der Waals surface area contributed by atoms with Crippen LogP contribution in [0.3, 0.4) is 0 Å². The first-order valence-electron chi connectivity index (χ1n) is 7.63. The Morgan fingerprint density at radius 3 is 2.59 bits per heavy atom. The van der Waals surface area contributed by atoms with Crippen LogP contribution in [0.5, 0.6) is 0 Å². The Bertz CT molecular complexity index is 578. The highest BCUT2D eigenvalue weighted by atomic mass is 32.1. The van der Waals surface area contributed by atoms with E-state index in [1.54, 1.807) is 6.92 Å². The second kappa shape index (κ2) is 7.56. The molecule has 2 rings (SSSR count). The van der Waals surface area contributed by atoms with Gasteiger partial charge in [0.15, 0.2) is 0 Å². The molecule has 0 aliphatic carbocycles. The summed E-state index contributed by atoms with van der Waals surface area (Å²) in [6.45, 7) is 4.03. The zero-order valence-corrected chi connectivity index (χ0v) is 13.9. The minimum Gasteiger partial charge on any atom is -0.383 e. The van der Waals surface area contributed by atoms with Crippen molar-refractivity contribution in [1.29, 1.82) is 0 Å². The van der Waals surface area contributed by atoms with E-state index in [-0.39, 0.29) is 18.4 Å². The first kappa shape index (κ1) is 16.7. The third kappa shape index (κ3) is 4.18. The highest BCUT2D eigenvalue weighted by Crippen LogP contribution is 2.26. The molecule has 2 atom stereocenters. The number of aliphatic hydroxyl groups is 1. The van der Waals surface area contributed by atoms with Crippen LogP contribution in [0, 0.1) is 0 Å². The fraction of sp³-hybridized carbons (Fsp3) is 0.389. The van der Waals surface area contributed by atoms with Crippen molar-refractivity contribution in [3.8, 4) is 0 Å². The van der Waals surface area contributed by atoms with Crippen LogP contribution < -0.4 is 5.32 Å². The maximum absolute atomic E-state index is 12.5. The predicted molar refractivity (Wildman–Crippen MR) is 91.0 cm³/mol. The van der Waals surface area contributed by atoms with Crippen LogP contribution >= 0.6 is 11.3 Å². The largest absolute Gasteiger partial charge is 0.383 e. The van der Waals surface area contributed by atoms with Gasteiger partial charge in [0.25, 0.3) is 0 Å². The molecule has 1 aromatic heterocycles. The Morgan fingerprint density at radius 1 is 1.27 bits per heavy atom. The number of carbonyl (C=O) groups is 1. The van der Waals surface area contributed by atoms with E-state index in [1.807, 2.05) is 47.8 Å². The summed E-state index contributed by atoms with van der Waals surface area (Å²) in [6.07, 6.45) is 1.74. The lowest BCUT2D eigenvalue weighted by Crippen LogP contribution is -2.40. The Morgan fingerprint density at radius 2 is 2.00 bits per heavy atom. The maximum Gasteiger partial charge on any atom is 0.227 e. The van der Waals surface area contributed by atoms with Crippen LogP contribution in [0.2, 0.25) is 0 Å². The number of amides is 1. The van der Waals surface area contributed by atoms with E-state index >= 15 is 0 Å². The lowest BCUT2D eigenvalue weighted by Gasteiger charge is -2.24. The van der Waals surface area contributed by atoms with Crippen LogP contribution in [-0.2, 0) is 10.4 Å². The highest BCUT2D eigenvalue weighted by Gasteiger charge is 2.27. The van der Waals surface area contributed by atoms with Gasteiger partial charge in [-0.2, -0.15) is 0 Å². The van der Waals surface area contributed by atoms with Crippen molar-refractivity contribution in [3.63, 3.8) is 0 Å². The van der Waals surface area contributed by atoms with Crippen molar-refractivity contribution in [2.45, 2.75) is 38.2 Å². The van der Waals surface area contributed by atoms with E-state index in [2.05, 4.69) is 12.2 Å². The van der Waals surface area contributed by atoms with Crippen LogP contribution in [0.1, 0.15) is 43.0 Å². The average molecular weight is 317 g/mol. The van der Waals surface area contributed by atoms with Crippen molar-refractivity contribution in [1.82, 2.24) is 5.32 Å². The van der Waals surface area contributed by atoms with Crippen molar-refractivity contribution in [2.75, 3.05) is 6.54 Å². The van der Waals surface area contributed by atoms with Gasteiger partial charge in [-0.05, 0) is 30.4 Å². The quantitative estimate of drug-likeness (QED) is 0.819. The summed E-state index contributed by atoms with van der Waals surface area (Å²) in [7, 11) is 0. The summed E-state index contributed by atoms with van der Waals surface area (Å²) in [4.78, 5) is 13.4. The minimum atomic E-state index is -1.03. The lowest BCUT2D eigenvalue weighted by molar-refractivity contribution is -0.123. The molecule has 4 heteroatoms. The van der Waals surface area contributed by atoms with Crippen LogP contribution in [0.15, 0.2) is 47.8 Å². The molecule has 2 unspecified atom stereocenters. The van der Waals surface area contributed by atoms with Crippen LogP contribution in [-0.4, -0.2) is 17.6 Å². The van der Waals surface area contributed by atoms with Gasteiger partial charge < -0.3 is 10.4 Å². The van der Waals surface area contributed by atoms with E-state index < -0.39 is 5.60 Å². The normalized spacial score (nSPS) is 15.0.